The topological polar surface area (TPSA) is 40.5 Å². The summed E-state index contributed by atoms with van der Waals surface area (Å²) in [6, 6.07) is 14.6. The van der Waals surface area contributed by atoms with Gasteiger partial charge in [-0.3, -0.25) is 9.69 Å². The molecule has 124 valence electrons. The SMILES string of the molecule is O=C1c2ccccc2C(O)(c2ccc(Cl)cc2)N1C1CCCCC1. The van der Waals surface area contributed by atoms with Gasteiger partial charge >= 0.3 is 0 Å². The van der Waals surface area contributed by atoms with Crippen LogP contribution in [0.3, 0.4) is 0 Å². The number of carbonyl (C=O) groups is 1. The van der Waals surface area contributed by atoms with Gasteiger partial charge in [0.05, 0.1) is 0 Å². The van der Waals surface area contributed by atoms with Crippen LogP contribution < -0.4 is 0 Å². The molecule has 3 nitrogen and oxygen atoms in total. The second kappa shape index (κ2) is 5.91. The van der Waals surface area contributed by atoms with Crippen molar-refractivity contribution in [2.75, 3.05) is 0 Å². The standard InChI is InChI=1S/C20H20ClNO2/c21-15-12-10-14(11-13-15)20(24)18-9-5-4-8-17(18)19(23)22(20)16-6-2-1-3-7-16/h4-5,8-13,16,24H,1-3,6-7H2. The van der Waals surface area contributed by atoms with E-state index < -0.39 is 5.72 Å². The average Bonchev–Trinajstić information content (AvgIpc) is 2.85. The van der Waals surface area contributed by atoms with Crippen LogP contribution >= 0.6 is 11.6 Å². The Morgan fingerprint density at radius 2 is 1.67 bits per heavy atom. The Morgan fingerprint density at radius 1 is 1.00 bits per heavy atom. The van der Waals surface area contributed by atoms with Crippen LogP contribution in [0.15, 0.2) is 48.5 Å². The van der Waals surface area contributed by atoms with E-state index in [1.807, 2.05) is 30.3 Å². The van der Waals surface area contributed by atoms with E-state index in [9.17, 15) is 9.90 Å². The van der Waals surface area contributed by atoms with E-state index in [4.69, 9.17) is 11.6 Å². The zero-order valence-electron chi connectivity index (χ0n) is 13.4. The van der Waals surface area contributed by atoms with E-state index in [1.54, 1.807) is 23.1 Å². The lowest BCUT2D eigenvalue weighted by Gasteiger charge is -2.41. The molecule has 0 saturated heterocycles. The maximum atomic E-state index is 13.1. The van der Waals surface area contributed by atoms with Gasteiger partial charge in [0.25, 0.3) is 5.91 Å². The lowest BCUT2D eigenvalue weighted by atomic mass is 9.89. The first-order valence-corrected chi connectivity index (χ1v) is 8.92. The summed E-state index contributed by atoms with van der Waals surface area (Å²) in [5, 5.41) is 12.4. The van der Waals surface area contributed by atoms with E-state index in [0.29, 0.717) is 21.7 Å². The number of hydrogen-bond donors (Lipinski definition) is 1. The van der Waals surface area contributed by atoms with E-state index in [0.717, 1.165) is 25.7 Å². The summed E-state index contributed by atoms with van der Waals surface area (Å²) in [4.78, 5) is 14.8. The van der Waals surface area contributed by atoms with Crippen LogP contribution in [-0.4, -0.2) is 22.0 Å². The summed E-state index contributed by atoms with van der Waals surface area (Å²) in [7, 11) is 0. The zero-order chi connectivity index (χ0) is 16.7. The van der Waals surface area contributed by atoms with Crippen molar-refractivity contribution >= 4 is 17.5 Å². The summed E-state index contributed by atoms with van der Waals surface area (Å²) in [6.45, 7) is 0. The molecule has 0 radical (unpaired) electrons. The van der Waals surface area contributed by atoms with Gasteiger partial charge in [0.2, 0.25) is 0 Å². The maximum Gasteiger partial charge on any atom is 0.257 e. The lowest BCUT2D eigenvalue weighted by molar-refractivity contribution is -0.0756. The predicted molar refractivity (Wildman–Crippen MR) is 93.9 cm³/mol. The second-order valence-electron chi connectivity index (χ2n) is 6.69. The molecule has 0 bridgehead atoms. The fourth-order valence-corrected chi connectivity index (χ4v) is 4.25. The molecule has 0 aromatic heterocycles. The molecule has 2 aromatic rings. The van der Waals surface area contributed by atoms with Crippen LogP contribution in [-0.2, 0) is 5.72 Å². The fourth-order valence-electron chi connectivity index (χ4n) is 4.13. The van der Waals surface area contributed by atoms with E-state index in [1.165, 1.54) is 6.42 Å². The minimum atomic E-state index is -1.42. The van der Waals surface area contributed by atoms with Gasteiger partial charge < -0.3 is 5.11 Å². The molecule has 1 N–H and O–H groups in total. The quantitative estimate of drug-likeness (QED) is 0.883. The Hall–Kier alpha value is -1.84. The van der Waals surface area contributed by atoms with Crippen molar-refractivity contribution in [3.05, 3.63) is 70.2 Å². The molecule has 1 aliphatic heterocycles. The number of hydrogen-bond acceptors (Lipinski definition) is 2. The average molecular weight is 342 g/mol. The number of nitrogens with zero attached hydrogens (tertiary/aromatic N) is 1. The van der Waals surface area contributed by atoms with Gasteiger partial charge in [-0.1, -0.05) is 61.2 Å². The molecule has 0 spiro atoms. The van der Waals surface area contributed by atoms with Crippen LogP contribution in [0.25, 0.3) is 0 Å². The molecule has 2 aromatic carbocycles. The van der Waals surface area contributed by atoms with Crippen molar-refractivity contribution < 1.29 is 9.90 Å². The first-order valence-electron chi connectivity index (χ1n) is 8.54. The highest BCUT2D eigenvalue weighted by Crippen LogP contribution is 2.45. The molecule has 4 rings (SSSR count). The molecule has 2 aliphatic rings. The molecule has 1 atom stereocenters. The molecule has 1 aliphatic carbocycles. The van der Waals surface area contributed by atoms with Crippen molar-refractivity contribution in [1.29, 1.82) is 0 Å². The fraction of sp³-hybridized carbons (Fsp3) is 0.350. The van der Waals surface area contributed by atoms with Crippen LogP contribution in [0.5, 0.6) is 0 Å². The third-order valence-electron chi connectivity index (χ3n) is 5.29. The van der Waals surface area contributed by atoms with Gasteiger partial charge in [-0.25, -0.2) is 0 Å². The minimum absolute atomic E-state index is 0.0688. The van der Waals surface area contributed by atoms with Crippen LogP contribution in [0.1, 0.15) is 53.6 Å². The Labute approximate surface area is 146 Å². The minimum Gasteiger partial charge on any atom is -0.363 e. The molecule has 4 heteroatoms. The van der Waals surface area contributed by atoms with E-state index >= 15 is 0 Å². The van der Waals surface area contributed by atoms with Crippen molar-refractivity contribution in [3.63, 3.8) is 0 Å². The normalized spacial score (nSPS) is 24.2. The van der Waals surface area contributed by atoms with E-state index in [2.05, 4.69) is 0 Å². The molecular formula is C20H20ClNO2. The molecule has 1 heterocycles. The van der Waals surface area contributed by atoms with E-state index in [-0.39, 0.29) is 11.9 Å². The number of rotatable bonds is 2. The van der Waals surface area contributed by atoms with Crippen molar-refractivity contribution in [3.8, 4) is 0 Å². The monoisotopic (exact) mass is 341 g/mol. The summed E-state index contributed by atoms with van der Waals surface area (Å²) in [6.07, 6.45) is 5.28. The van der Waals surface area contributed by atoms with Gasteiger partial charge in [0, 0.05) is 27.8 Å². The Kier molecular flexibility index (Phi) is 3.86. The number of fused-ring (bicyclic) bond motifs is 1. The summed E-state index contributed by atoms with van der Waals surface area (Å²) in [5.74, 6) is -0.0741. The van der Waals surface area contributed by atoms with Crippen LogP contribution in [0.4, 0.5) is 0 Å². The summed E-state index contributed by atoms with van der Waals surface area (Å²) < 4.78 is 0. The number of halogens is 1. The first-order chi connectivity index (χ1) is 11.6. The smallest absolute Gasteiger partial charge is 0.257 e. The van der Waals surface area contributed by atoms with Crippen molar-refractivity contribution in [2.45, 2.75) is 43.9 Å². The first kappa shape index (κ1) is 15.7. The Balaban J connectivity index is 1.88. The predicted octanol–water partition coefficient (Wildman–Crippen LogP) is 4.32. The van der Waals surface area contributed by atoms with Crippen molar-refractivity contribution in [2.24, 2.45) is 0 Å². The van der Waals surface area contributed by atoms with Gasteiger partial charge in [0.1, 0.15) is 0 Å². The van der Waals surface area contributed by atoms with Gasteiger partial charge in [-0.15, -0.1) is 0 Å². The van der Waals surface area contributed by atoms with Gasteiger partial charge in [0.15, 0.2) is 5.72 Å². The van der Waals surface area contributed by atoms with Crippen molar-refractivity contribution in [1.82, 2.24) is 4.90 Å². The van der Waals surface area contributed by atoms with Gasteiger partial charge in [-0.05, 0) is 31.0 Å². The molecule has 24 heavy (non-hydrogen) atoms. The maximum absolute atomic E-state index is 13.1. The van der Waals surface area contributed by atoms with Crippen LogP contribution in [0.2, 0.25) is 5.02 Å². The molecule has 1 amide bonds. The zero-order valence-corrected chi connectivity index (χ0v) is 14.2. The highest BCUT2D eigenvalue weighted by Gasteiger charge is 2.52. The molecule has 1 fully saturated rings. The highest BCUT2D eigenvalue weighted by atomic mass is 35.5. The third-order valence-corrected chi connectivity index (χ3v) is 5.54. The molecule has 1 unspecified atom stereocenters. The summed E-state index contributed by atoms with van der Waals surface area (Å²) in [5.41, 5.74) is 0.541. The van der Waals surface area contributed by atoms with Crippen LogP contribution in [0, 0.1) is 0 Å². The third kappa shape index (κ3) is 2.27. The lowest BCUT2D eigenvalue weighted by Crippen LogP contribution is -2.51. The highest BCUT2D eigenvalue weighted by molar-refractivity contribution is 6.30. The number of aliphatic hydroxyl groups is 1. The summed E-state index contributed by atoms with van der Waals surface area (Å²) >= 11 is 6.02. The number of carbonyl (C=O) groups excluding carboxylic acids is 1. The van der Waals surface area contributed by atoms with Gasteiger partial charge in [-0.2, -0.15) is 0 Å². The molecule has 1 saturated carbocycles. The second-order valence-corrected chi connectivity index (χ2v) is 7.13. The largest absolute Gasteiger partial charge is 0.363 e. The molecular weight excluding hydrogens is 322 g/mol. The Bertz CT molecular complexity index is 767. The number of benzene rings is 2. The Morgan fingerprint density at radius 3 is 2.38 bits per heavy atom. The number of amides is 1.